The standard InChI is InChI=1S/C26H37NO6/c1-14(4-7-22(31)27-13-23(32)33)17-5-6-18-24-19(12-21(30)26(17,18)3)25(2)9-8-16(28)10-15(25)11-20(24)29/h14-15,17-19,24H,4-13H2,1-3H3,(H,27,31)(H,32,33)/t14?,15-,17?,18?,19?,24?,25-,26+/m0/s1. The summed E-state index contributed by atoms with van der Waals surface area (Å²) in [5.74, 6) is -0.293. The molecule has 0 aromatic carbocycles. The van der Waals surface area contributed by atoms with Gasteiger partial charge in [-0.05, 0) is 60.7 Å². The van der Waals surface area contributed by atoms with Crippen LogP contribution in [0.15, 0.2) is 0 Å². The van der Waals surface area contributed by atoms with Gasteiger partial charge in [-0.15, -0.1) is 0 Å². The van der Waals surface area contributed by atoms with E-state index >= 15 is 0 Å². The Morgan fingerprint density at radius 1 is 1.09 bits per heavy atom. The van der Waals surface area contributed by atoms with E-state index < -0.39 is 11.4 Å². The largest absolute Gasteiger partial charge is 0.480 e. The molecule has 7 nitrogen and oxygen atoms in total. The van der Waals surface area contributed by atoms with Crippen molar-refractivity contribution in [1.82, 2.24) is 5.32 Å². The van der Waals surface area contributed by atoms with E-state index in [-0.39, 0.29) is 77.1 Å². The molecule has 0 heterocycles. The molecule has 33 heavy (non-hydrogen) atoms. The maximum Gasteiger partial charge on any atom is 0.322 e. The molecule has 2 N–H and O–H groups in total. The number of carboxylic acid groups (broad SMARTS) is 1. The summed E-state index contributed by atoms with van der Waals surface area (Å²) in [6, 6.07) is 0. The van der Waals surface area contributed by atoms with Crippen molar-refractivity contribution in [2.45, 2.75) is 78.6 Å². The first-order valence-corrected chi connectivity index (χ1v) is 12.5. The Balaban J connectivity index is 1.51. The van der Waals surface area contributed by atoms with E-state index in [1.54, 1.807) is 0 Å². The van der Waals surface area contributed by atoms with Crippen LogP contribution in [0.2, 0.25) is 0 Å². The third-order valence-corrected chi connectivity index (χ3v) is 10.2. The van der Waals surface area contributed by atoms with Crippen LogP contribution in [0.25, 0.3) is 0 Å². The number of carboxylic acids is 1. The van der Waals surface area contributed by atoms with Crippen LogP contribution in [0.4, 0.5) is 0 Å². The summed E-state index contributed by atoms with van der Waals surface area (Å²) >= 11 is 0. The van der Waals surface area contributed by atoms with Crippen LogP contribution in [-0.2, 0) is 24.0 Å². The highest BCUT2D eigenvalue weighted by atomic mass is 16.4. The van der Waals surface area contributed by atoms with Crippen LogP contribution in [-0.4, -0.2) is 40.9 Å². The number of carbonyl (C=O) groups excluding carboxylic acids is 4. The molecule has 4 aliphatic rings. The van der Waals surface area contributed by atoms with Gasteiger partial charge in [-0.3, -0.25) is 24.0 Å². The third-order valence-electron chi connectivity index (χ3n) is 10.2. The number of ketones is 3. The minimum Gasteiger partial charge on any atom is -0.480 e. The lowest BCUT2D eigenvalue weighted by Crippen LogP contribution is -2.60. The molecule has 0 radical (unpaired) electrons. The molecule has 8 atom stereocenters. The first kappa shape index (κ1) is 24.1. The zero-order valence-electron chi connectivity index (χ0n) is 20.0. The predicted octanol–water partition coefficient (Wildman–Crippen LogP) is 3.19. The number of rotatable bonds is 6. The third kappa shape index (κ3) is 3.95. The first-order valence-electron chi connectivity index (χ1n) is 12.5. The Kier molecular flexibility index (Phi) is 6.29. The van der Waals surface area contributed by atoms with Crippen molar-refractivity contribution >= 4 is 29.2 Å². The summed E-state index contributed by atoms with van der Waals surface area (Å²) < 4.78 is 0. The molecule has 182 valence electrons. The minimum absolute atomic E-state index is 0.0401. The van der Waals surface area contributed by atoms with Gasteiger partial charge in [0.2, 0.25) is 5.91 Å². The van der Waals surface area contributed by atoms with Crippen molar-refractivity contribution in [3.63, 3.8) is 0 Å². The molecule has 7 heteroatoms. The summed E-state index contributed by atoms with van der Waals surface area (Å²) in [7, 11) is 0. The van der Waals surface area contributed by atoms with Crippen molar-refractivity contribution in [2.24, 2.45) is 46.3 Å². The average molecular weight is 460 g/mol. The molecule has 0 spiro atoms. The molecular weight excluding hydrogens is 422 g/mol. The van der Waals surface area contributed by atoms with Crippen molar-refractivity contribution in [3.8, 4) is 0 Å². The molecule has 0 aliphatic heterocycles. The van der Waals surface area contributed by atoms with Gasteiger partial charge < -0.3 is 10.4 Å². The molecule has 0 saturated heterocycles. The molecule has 4 rings (SSSR count). The number of fused-ring (bicyclic) bond motifs is 5. The normalized spacial score (nSPS) is 41.1. The van der Waals surface area contributed by atoms with E-state index in [4.69, 9.17) is 5.11 Å². The van der Waals surface area contributed by atoms with E-state index in [0.717, 1.165) is 19.3 Å². The highest BCUT2D eigenvalue weighted by molar-refractivity contribution is 5.93. The fourth-order valence-corrected chi connectivity index (χ4v) is 8.21. The van der Waals surface area contributed by atoms with Gasteiger partial charge in [-0.1, -0.05) is 20.8 Å². The van der Waals surface area contributed by atoms with E-state index in [9.17, 15) is 24.0 Å². The lowest BCUT2D eigenvalue weighted by molar-refractivity contribution is -0.166. The highest BCUT2D eigenvalue weighted by Crippen LogP contribution is 2.66. The molecule has 4 saturated carbocycles. The van der Waals surface area contributed by atoms with Crippen LogP contribution in [0.1, 0.15) is 78.6 Å². The summed E-state index contributed by atoms with van der Waals surface area (Å²) in [5, 5.41) is 11.1. The second-order valence-electron chi connectivity index (χ2n) is 11.6. The van der Waals surface area contributed by atoms with Gasteiger partial charge in [0.25, 0.3) is 0 Å². The zero-order valence-corrected chi connectivity index (χ0v) is 20.0. The number of Topliss-reactive ketones (excluding diaryl/α,β-unsaturated/α-hetero) is 3. The molecule has 0 bridgehead atoms. The number of hydrogen-bond acceptors (Lipinski definition) is 5. The molecule has 4 aliphatic carbocycles. The fourth-order valence-electron chi connectivity index (χ4n) is 8.21. The second-order valence-corrected chi connectivity index (χ2v) is 11.6. The second kappa shape index (κ2) is 8.62. The summed E-state index contributed by atoms with van der Waals surface area (Å²) in [5.41, 5.74) is -0.670. The van der Waals surface area contributed by atoms with Crippen LogP contribution >= 0.6 is 0 Å². The lowest BCUT2D eigenvalue weighted by atomic mass is 9.44. The predicted molar refractivity (Wildman–Crippen MR) is 120 cm³/mol. The SMILES string of the molecule is CC(CCC(=O)NCC(=O)O)C1CCC2C3C(=O)C[C@@H]4CC(=O)CC[C@]4(C)C3CC(=O)[C@]12C. The van der Waals surface area contributed by atoms with Crippen molar-refractivity contribution in [2.75, 3.05) is 6.54 Å². The Bertz CT molecular complexity index is 882. The Morgan fingerprint density at radius 2 is 1.82 bits per heavy atom. The maximum absolute atomic E-state index is 13.7. The number of nitrogens with one attached hydrogen (secondary N) is 1. The van der Waals surface area contributed by atoms with Gasteiger partial charge in [0.15, 0.2) is 0 Å². The number of aliphatic carboxylic acids is 1. The average Bonchev–Trinajstić information content (AvgIpc) is 3.11. The Labute approximate surface area is 195 Å². The smallest absolute Gasteiger partial charge is 0.322 e. The van der Waals surface area contributed by atoms with Crippen LogP contribution < -0.4 is 5.32 Å². The van der Waals surface area contributed by atoms with Gasteiger partial charge in [0.1, 0.15) is 23.9 Å². The lowest BCUT2D eigenvalue weighted by Gasteiger charge is -2.58. The van der Waals surface area contributed by atoms with E-state index in [1.807, 2.05) is 0 Å². The summed E-state index contributed by atoms with van der Waals surface area (Å²) in [4.78, 5) is 61.9. The van der Waals surface area contributed by atoms with Crippen molar-refractivity contribution in [3.05, 3.63) is 0 Å². The summed E-state index contributed by atoms with van der Waals surface area (Å²) in [6.07, 6.45) is 5.27. The number of amides is 1. The highest BCUT2D eigenvalue weighted by Gasteiger charge is 2.66. The zero-order chi connectivity index (χ0) is 24.1. The molecular formula is C26H37NO6. The molecule has 0 aromatic heterocycles. The van der Waals surface area contributed by atoms with Gasteiger partial charge in [0, 0.05) is 43.4 Å². The topological polar surface area (TPSA) is 118 Å². The molecule has 1 amide bonds. The van der Waals surface area contributed by atoms with Crippen molar-refractivity contribution < 1.29 is 29.1 Å². The van der Waals surface area contributed by atoms with E-state index in [1.165, 1.54) is 0 Å². The van der Waals surface area contributed by atoms with Gasteiger partial charge in [-0.25, -0.2) is 0 Å². The maximum atomic E-state index is 13.7. The fraction of sp³-hybridized carbons (Fsp3) is 0.808. The van der Waals surface area contributed by atoms with Gasteiger partial charge >= 0.3 is 5.97 Å². The monoisotopic (exact) mass is 459 g/mol. The minimum atomic E-state index is -1.07. The first-order chi connectivity index (χ1) is 15.5. The Hall–Kier alpha value is -2.05. The van der Waals surface area contributed by atoms with E-state index in [2.05, 4.69) is 26.1 Å². The number of carbonyl (C=O) groups is 5. The Morgan fingerprint density at radius 3 is 2.52 bits per heavy atom. The van der Waals surface area contributed by atoms with Gasteiger partial charge in [0.05, 0.1) is 0 Å². The molecule has 5 unspecified atom stereocenters. The van der Waals surface area contributed by atoms with Crippen LogP contribution in [0.3, 0.4) is 0 Å². The number of hydrogen-bond donors (Lipinski definition) is 2. The van der Waals surface area contributed by atoms with Crippen molar-refractivity contribution in [1.29, 1.82) is 0 Å². The summed E-state index contributed by atoms with van der Waals surface area (Å²) in [6.45, 7) is 5.97. The van der Waals surface area contributed by atoms with Crippen LogP contribution in [0.5, 0.6) is 0 Å². The molecule has 4 fully saturated rings. The van der Waals surface area contributed by atoms with Gasteiger partial charge in [-0.2, -0.15) is 0 Å². The molecule has 0 aromatic rings. The quantitative estimate of drug-likeness (QED) is 0.630. The van der Waals surface area contributed by atoms with E-state index in [0.29, 0.717) is 32.1 Å². The van der Waals surface area contributed by atoms with Crippen LogP contribution in [0, 0.1) is 46.3 Å².